The van der Waals surface area contributed by atoms with Crippen LogP contribution in [0, 0.1) is 11.3 Å². The highest BCUT2D eigenvalue weighted by atomic mass is 28.3. The van der Waals surface area contributed by atoms with Crippen LogP contribution in [-0.2, 0) is 0 Å². The first-order chi connectivity index (χ1) is 4.18. The van der Waals surface area contributed by atoms with E-state index in [1.165, 1.54) is 0 Å². The average Bonchev–Trinajstić information content (AvgIpc) is 1.82. The van der Waals surface area contributed by atoms with Crippen molar-refractivity contribution in [1.82, 2.24) is 0 Å². The van der Waals surface area contributed by atoms with Gasteiger partial charge < -0.3 is 0 Å². The molecule has 0 rings (SSSR count). The standard InChI is InChI=1S/C5H8F2NSi/c1-9(5(6)7)4-2-3-8/h5H,2,4H2,1H3. The predicted octanol–water partition coefficient (Wildman–Crippen LogP) is 1.83. The Morgan fingerprint density at radius 3 is 2.56 bits per heavy atom. The molecule has 51 valence electrons. The maximum absolute atomic E-state index is 11.7. The van der Waals surface area contributed by atoms with Crippen LogP contribution in [0.3, 0.4) is 0 Å². The van der Waals surface area contributed by atoms with Gasteiger partial charge in [-0.1, -0.05) is 6.55 Å². The topological polar surface area (TPSA) is 23.8 Å². The van der Waals surface area contributed by atoms with E-state index in [0.717, 1.165) is 0 Å². The van der Waals surface area contributed by atoms with Crippen LogP contribution in [0.2, 0.25) is 12.6 Å². The van der Waals surface area contributed by atoms with Gasteiger partial charge in [-0.15, -0.1) is 0 Å². The van der Waals surface area contributed by atoms with Gasteiger partial charge in [-0.3, -0.25) is 0 Å². The van der Waals surface area contributed by atoms with Crippen molar-refractivity contribution >= 4 is 8.80 Å². The SMILES string of the molecule is C[Si](CCC#N)C(F)F. The monoisotopic (exact) mass is 148 g/mol. The van der Waals surface area contributed by atoms with E-state index in [9.17, 15) is 8.78 Å². The Morgan fingerprint density at radius 1 is 1.67 bits per heavy atom. The van der Waals surface area contributed by atoms with Crippen molar-refractivity contribution in [2.24, 2.45) is 0 Å². The van der Waals surface area contributed by atoms with Gasteiger partial charge in [-0.2, -0.15) is 5.26 Å². The van der Waals surface area contributed by atoms with E-state index in [4.69, 9.17) is 5.26 Å². The summed E-state index contributed by atoms with van der Waals surface area (Å²) in [7, 11) is -1.53. The first kappa shape index (κ1) is 8.57. The van der Waals surface area contributed by atoms with Gasteiger partial charge in [0.1, 0.15) is 8.80 Å². The number of nitriles is 1. The summed E-state index contributed by atoms with van der Waals surface area (Å²) in [5.74, 6) is 0. The number of alkyl halides is 2. The molecule has 0 heterocycles. The van der Waals surface area contributed by atoms with Gasteiger partial charge in [0.15, 0.2) is 0 Å². The summed E-state index contributed by atoms with van der Waals surface area (Å²) in [6.45, 7) is 1.55. The third kappa shape index (κ3) is 4.10. The lowest BCUT2D eigenvalue weighted by Crippen LogP contribution is -2.17. The second-order valence-electron chi connectivity index (χ2n) is 1.81. The van der Waals surface area contributed by atoms with Crippen LogP contribution in [0.4, 0.5) is 8.78 Å². The number of rotatable bonds is 3. The molecule has 0 unspecified atom stereocenters. The van der Waals surface area contributed by atoms with Gasteiger partial charge in [-0.25, -0.2) is 8.78 Å². The molecular weight excluding hydrogens is 140 g/mol. The normalized spacial score (nSPS) is 10.2. The van der Waals surface area contributed by atoms with Crippen molar-refractivity contribution in [3.05, 3.63) is 0 Å². The number of hydrogen-bond acceptors (Lipinski definition) is 1. The summed E-state index contributed by atoms with van der Waals surface area (Å²) in [5.41, 5.74) is 0. The maximum Gasteiger partial charge on any atom is 0.218 e. The summed E-state index contributed by atoms with van der Waals surface area (Å²) < 4.78 is 23.4. The smallest absolute Gasteiger partial charge is 0.216 e. The first-order valence-electron chi connectivity index (χ1n) is 2.66. The van der Waals surface area contributed by atoms with Crippen LogP contribution in [0.1, 0.15) is 6.42 Å². The van der Waals surface area contributed by atoms with Crippen molar-refractivity contribution in [3.8, 4) is 6.07 Å². The van der Waals surface area contributed by atoms with E-state index in [-0.39, 0.29) is 6.42 Å². The molecule has 0 atom stereocenters. The lowest BCUT2D eigenvalue weighted by atomic mass is 10.6. The molecule has 0 saturated carbocycles. The third-order valence-corrected chi connectivity index (χ3v) is 2.79. The molecule has 1 radical (unpaired) electrons. The molecule has 0 aliphatic rings. The fourth-order valence-electron chi connectivity index (χ4n) is 0.362. The summed E-state index contributed by atoms with van der Waals surface area (Å²) in [4.78, 5) is 0. The quantitative estimate of drug-likeness (QED) is 0.560. The van der Waals surface area contributed by atoms with Crippen molar-refractivity contribution in [3.63, 3.8) is 0 Å². The molecule has 0 N–H and O–H groups in total. The lowest BCUT2D eigenvalue weighted by molar-refractivity contribution is 0.233. The highest BCUT2D eigenvalue weighted by molar-refractivity contribution is 6.58. The van der Waals surface area contributed by atoms with E-state index in [1.807, 2.05) is 6.07 Å². The molecule has 0 aromatic carbocycles. The fraction of sp³-hybridized carbons (Fsp3) is 0.800. The summed E-state index contributed by atoms with van der Waals surface area (Å²) in [5, 5.41) is 8.02. The molecule has 9 heavy (non-hydrogen) atoms. The zero-order valence-electron chi connectivity index (χ0n) is 5.19. The van der Waals surface area contributed by atoms with Crippen molar-refractivity contribution < 1.29 is 8.78 Å². The number of nitrogens with zero attached hydrogens (tertiary/aromatic N) is 1. The van der Waals surface area contributed by atoms with Crippen LogP contribution < -0.4 is 0 Å². The van der Waals surface area contributed by atoms with Gasteiger partial charge in [0.25, 0.3) is 0 Å². The molecule has 0 bridgehead atoms. The molecule has 0 aromatic rings. The highest BCUT2D eigenvalue weighted by Crippen LogP contribution is 2.05. The zero-order chi connectivity index (χ0) is 7.28. The van der Waals surface area contributed by atoms with Crippen molar-refractivity contribution in [1.29, 1.82) is 5.26 Å². The lowest BCUT2D eigenvalue weighted by Gasteiger charge is -2.02. The molecule has 0 aromatic heterocycles. The van der Waals surface area contributed by atoms with E-state index >= 15 is 0 Å². The Morgan fingerprint density at radius 2 is 2.22 bits per heavy atom. The van der Waals surface area contributed by atoms with E-state index < -0.39 is 14.8 Å². The summed E-state index contributed by atoms with van der Waals surface area (Å²) >= 11 is 0. The first-order valence-corrected chi connectivity index (χ1v) is 4.94. The molecule has 0 amide bonds. The van der Waals surface area contributed by atoms with Crippen LogP contribution in [0.25, 0.3) is 0 Å². The molecular formula is C5H8F2NSi. The Labute approximate surface area is 54.9 Å². The Balaban J connectivity index is 3.29. The number of halogens is 2. The third-order valence-electron chi connectivity index (χ3n) is 1.00. The minimum Gasteiger partial charge on any atom is -0.216 e. The highest BCUT2D eigenvalue weighted by Gasteiger charge is 2.15. The average molecular weight is 148 g/mol. The van der Waals surface area contributed by atoms with Gasteiger partial charge in [0.05, 0.1) is 6.07 Å². The molecule has 0 fully saturated rings. The Kier molecular flexibility index (Phi) is 4.23. The summed E-state index contributed by atoms with van der Waals surface area (Å²) in [6.07, 6.45) is 0.273. The van der Waals surface area contributed by atoms with Crippen LogP contribution >= 0.6 is 0 Å². The maximum atomic E-state index is 11.7. The molecule has 0 aliphatic heterocycles. The molecule has 1 nitrogen and oxygen atoms in total. The van der Waals surface area contributed by atoms with Crippen molar-refractivity contribution in [2.45, 2.75) is 25.1 Å². The summed E-state index contributed by atoms with van der Waals surface area (Å²) in [6, 6.07) is 0.0698. The molecule has 4 heteroatoms. The fourth-order valence-corrected chi connectivity index (χ4v) is 1.09. The second-order valence-corrected chi connectivity index (χ2v) is 4.43. The van der Waals surface area contributed by atoms with Crippen molar-refractivity contribution in [2.75, 3.05) is 0 Å². The van der Waals surface area contributed by atoms with Gasteiger partial charge >= 0.3 is 0 Å². The van der Waals surface area contributed by atoms with Crippen LogP contribution in [0.5, 0.6) is 0 Å². The molecule has 0 aliphatic carbocycles. The molecule has 0 saturated heterocycles. The van der Waals surface area contributed by atoms with Gasteiger partial charge in [-0.05, 0) is 6.04 Å². The molecule has 0 spiro atoms. The largest absolute Gasteiger partial charge is 0.218 e. The van der Waals surface area contributed by atoms with Gasteiger partial charge in [0, 0.05) is 6.42 Å². The van der Waals surface area contributed by atoms with E-state index in [1.54, 1.807) is 6.55 Å². The van der Waals surface area contributed by atoms with Crippen LogP contribution in [-0.4, -0.2) is 14.8 Å². The Hall–Kier alpha value is -0.433. The minimum absolute atomic E-state index is 0.273. The zero-order valence-corrected chi connectivity index (χ0v) is 6.19. The van der Waals surface area contributed by atoms with E-state index in [0.29, 0.717) is 6.04 Å². The Bertz CT molecular complexity index is 110. The second kappa shape index (κ2) is 4.45. The predicted molar refractivity (Wildman–Crippen MR) is 32.7 cm³/mol. The van der Waals surface area contributed by atoms with Gasteiger partial charge in [0.2, 0.25) is 6.05 Å². The van der Waals surface area contributed by atoms with E-state index in [2.05, 4.69) is 0 Å². The number of hydrogen-bond donors (Lipinski definition) is 0. The van der Waals surface area contributed by atoms with Crippen LogP contribution in [0.15, 0.2) is 0 Å². The minimum atomic E-state index is -2.18.